The largest absolute Gasteiger partial charge is 0.303 e. The zero-order chi connectivity index (χ0) is 7.56. The Kier molecular flexibility index (Phi) is 2.25. The number of hydrogen-bond acceptors (Lipinski definition) is 1. The van der Waals surface area contributed by atoms with Crippen LogP contribution in [0.25, 0.3) is 0 Å². The van der Waals surface area contributed by atoms with E-state index < -0.39 is 0 Å². The number of allylic oxidation sites excluding steroid dienone is 2. The van der Waals surface area contributed by atoms with Crippen molar-refractivity contribution in [2.45, 2.75) is 26.7 Å². The summed E-state index contributed by atoms with van der Waals surface area (Å²) in [6, 6.07) is 0. The van der Waals surface area contributed by atoms with Crippen molar-refractivity contribution in [1.29, 1.82) is 0 Å². The van der Waals surface area contributed by atoms with Gasteiger partial charge in [-0.05, 0) is 25.7 Å². The molecule has 0 amide bonds. The van der Waals surface area contributed by atoms with Crippen LogP contribution in [0.2, 0.25) is 0 Å². The predicted octanol–water partition coefficient (Wildman–Crippen LogP) is 2.18. The fourth-order valence-electron chi connectivity index (χ4n) is 1.46. The Balaban J connectivity index is 2.67. The summed E-state index contributed by atoms with van der Waals surface area (Å²) in [6.07, 6.45) is 5.47. The fraction of sp³-hybridized carbons (Fsp3) is 0.667. The molecule has 0 aromatic carbocycles. The molecule has 0 spiro atoms. The summed E-state index contributed by atoms with van der Waals surface area (Å²) >= 11 is 0. The molecule has 0 saturated carbocycles. The minimum atomic E-state index is 0.282. The number of hydrogen-bond donors (Lipinski definition) is 0. The SMILES string of the molecule is CC1=CCCC(C=O)C1C. The normalized spacial score (nSPS) is 33.2. The van der Waals surface area contributed by atoms with E-state index in [2.05, 4.69) is 19.9 Å². The Bertz CT molecular complexity index is 158. The van der Waals surface area contributed by atoms with Crippen LogP contribution in [0.1, 0.15) is 26.7 Å². The lowest BCUT2D eigenvalue weighted by molar-refractivity contribution is -0.112. The molecule has 0 N–H and O–H groups in total. The Hall–Kier alpha value is -0.590. The highest BCUT2D eigenvalue weighted by Crippen LogP contribution is 2.27. The molecule has 2 atom stereocenters. The van der Waals surface area contributed by atoms with Crippen LogP contribution in [0.15, 0.2) is 11.6 Å². The average Bonchev–Trinajstić information content (AvgIpc) is 1.95. The van der Waals surface area contributed by atoms with Crippen LogP contribution in [-0.4, -0.2) is 6.29 Å². The molecule has 1 aliphatic rings. The summed E-state index contributed by atoms with van der Waals surface area (Å²) in [4.78, 5) is 10.5. The second kappa shape index (κ2) is 3.00. The molecular formula is C9H14O. The lowest BCUT2D eigenvalue weighted by Crippen LogP contribution is -2.17. The van der Waals surface area contributed by atoms with Gasteiger partial charge in [0.2, 0.25) is 0 Å². The number of carbonyl (C=O) groups is 1. The summed E-state index contributed by atoms with van der Waals surface area (Å²) in [5, 5.41) is 0. The molecule has 0 heterocycles. The van der Waals surface area contributed by atoms with Gasteiger partial charge >= 0.3 is 0 Å². The van der Waals surface area contributed by atoms with E-state index in [-0.39, 0.29) is 5.92 Å². The first-order chi connectivity index (χ1) is 4.75. The molecule has 0 aromatic heterocycles. The minimum Gasteiger partial charge on any atom is -0.303 e. The maximum atomic E-state index is 10.5. The molecule has 1 rings (SSSR count). The Labute approximate surface area is 62.1 Å². The van der Waals surface area contributed by atoms with Gasteiger partial charge in [0.15, 0.2) is 0 Å². The molecule has 0 saturated heterocycles. The van der Waals surface area contributed by atoms with Gasteiger partial charge in [0, 0.05) is 5.92 Å². The topological polar surface area (TPSA) is 17.1 Å². The van der Waals surface area contributed by atoms with Crippen molar-refractivity contribution in [2.75, 3.05) is 0 Å². The van der Waals surface area contributed by atoms with Crippen LogP contribution in [0.4, 0.5) is 0 Å². The van der Waals surface area contributed by atoms with Crippen LogP contribution >= 0.6 is 0 Å². The van der Waals surface area contributed by atoms with Gasteiger partial charge in [-0.1, -0.05) is 18.6 Å². The first kappa shape index (κ1) is 7.52. The van der Waals surface area contributed by atoms with Gasteiger partial charge in [-0.2, -0.15) is 0 Å². The van der Waals surface area contributed by atoms with Crippen molar-refractivity contribution < 1.29 is 4.79 Å². The van der Waals surface area contributed by atoms with E-state index in [0.717, 1.165) is 19.1 Å². The third kappa shape index (κ3) is 1.28. The molecule has 10 heavy (non-hydrogen) atoms. The molecule has 0 radical (unpaired) electrons. The summed E-state index contributed by atoms with van der Waals surface area (Å²) in [5.41, 5.74) is 1.38. The molecule has 2 unspecified atom stereocenters. The summed E-state index contributed by atoms with van der Waals surface area (Å²) in [5.74, 6) is 0.760. The van der Waals surface area contributed by atoms with E-state index >= 15 is 0 Å². The van der Waals surface area contributed by atoms with Crippen LogP contribution < -0.4 is 0 Å². The first-order valence-corrected chi connectivity index (χ1v) is 3.87. The third-order valence-electron chi connectivity index (χ3n) is 2.50. The van der Waals surface area contributed by atoms with Gasteiger partial charge in [0.25, 0.3) is 0 Å². The van der Waals surface area contributed by atoms with Crippen molar-refractivity contribution in [2.24, 2.45) is 11.8 Å². The molecule has 1 nitrogen and oxygen atoms in total. The maximum absolute atomic E-state index is 10.5. The lowest BCUT2D eigenvalue weighted by atomic mass is 9.81. The summed E-state index contributed by atoms with van der Waals surface area (Å²) < 4.78 is 0. The maximum Gasteiger partial charge on any atom is 0.123 e. The van der Waals surface area contributed by atoms with Gasteiger partial charge in [0.05, 0.1) is 0 Å². The number of aldehydes is 1. The highest BCUT2D eigenvalue weighted by atomic mass is 16.1. The molecule has 0 bridgehead atoms. The number of rotatable bonds is 1. The van der Waals surface area contributed by atoms with E-state index in [4.69, 9.17) is 0 Å². The van der Waals surface area contributed by atoms with Gasteiger partial charge < -0.3 is 4.79 Å². The van der Waals surface area contributed by atoms with Crippen molar-refractivity contribution in [3.05, 3.63) is 11.6 Å². The predicted molar refractivity (Wildman–Crippen MR) is 41.7 cm³/mol. The molecule has 0 aliphatic heterocycles. The molecule has 0 fully saturated rings. The first-order valence-electron chi connectivity index (χ1n) is 3.87. The van der Waals surface area contributed by atoms with Crippen molar-refractivity contribution >= 4 is 6.29 Å². The van der Waals surface area contributed by atoms with Crippen molar-refractivity contribution in [3.63, 3.8) is 0 Å². The van der Waals surface area contributed by atoms with E-state index in [1.165, 1.54) is 5.57 Å². The van der Waals surface area contributed by atoms with Crippen molar-refractivity contribution in [1.82, 2.24) is 0 Å². The highest BCUT2D eigenvalue weighted by Gasteiger charge is 2.20. The Morgan fingerprint density at radius 2 is 2.40 bits per heavy atom. The van der Waals surface area contributed by atoms with E-state index in [1.54, 1.807) is 0 Å². The third-order valence-corrected chi connectivity index (χ3v) is 2.50. The molecule has 0 aromatic rings. The Morgan fingerprint density at radius 1 is 1.70 bits per heavy atom. The second-order valence-corrected chi connectivity index (χ2v) is 3.11. The van der Waals surface area contributed by atoms with Gasteiger partial charge in [-0.25, -0.2) is 0 Å². The molecule has 1 aliphatic carbocycles. The van der Waals surface area contributed by atoms with E-state index in [0.29, 0.717) is 5.92 Å². The van der Waals surface area contributed by atoms with Crippen LogP contribution in [0.5, 0.6) is 0 Å². The monoisotopic (exact) mass is 138 g/mol. The minimum absolute atomic E-state index is 0.282. The number of carbonyl (C=O) groups excluding carboxylic acids is 1. The standard InChI is InChI=1S/C9H14O/c1-7-4-3-5-9(6-10)8(7)2/h4,6,8-9H,3,5H2,1-2H3. The van der Waals surface area contributed by atoms with Crippen LogP contribution in [0, 0.1) is 11.8 Å². The molecule has 56 valence electrons. The Morgan fingerprint density at radius 3 is 2.90 bits per heavy atom. The summed E-state index contributed by atoms with van der Waals surface area (Å²) in [6.45, 7) is 4.24. The van der Waals surface area contributed by atoms with Gasteiger partial charge in [-0.3, -0.25) is 0 Å². The fourth-order valence-corrected chi connectivity index (χ4v) is 1.46. The van der Waals surface area contributed by atoms with Crippen LogP contribution in [-0.2, 0) is 4.79 Å². The molecular weight excluding hydrogens is 124 g/mol. The van der Waals surface area contributed by atoms with Crippen LogP contribution in [0.3, 0.4) is 0 Å². The average molecular weight is 138 g/mol. The quantitative estimate of drug-likeness (QED) is 0.401. The highest BCUT2D eigenvalue weighted by molar-refractivity contribution is 5.55. The second-order valence-electron chi connectivity index (χ2n) is 3.11. The van der Waals surface area contributed by atoms with Gasteiger partial charge in [-0.15, -0.1) is 0 Å². The van der Waals surface area contributed by atoms with Crippen molar-refractivity contribution in [3.8, 4) is 0 Å². The smallest absolute Gasteiger partial charge is 0.123 e. The van der Waals surface area contributed by atoms with Gasteiger partial charge in [0.1, 0.15) is 6.29 Å². The summed E-state index contributed by atoms with van der Waals surface area (Å²) in [7, 11) is 0. The zero-order valence-corrected chi connectivity index (χ0v) is 6.63. The lowest BCUT2D eigenvalue weighted by Gasteiger charge is -2.23. The van der Waals surface area contributed by atoms with E-state index in [1.807, 2.05) is 0 Å². The van der Waals surface area contributed by atoms with E-state index in [9.17, 15) is 4.79 Å². The molecule has 1 heteroatoms. The zero-order valence-electron chi connectivity index (χ0n) is 6.63.